The van der Waals surface area contributed by atoms with E-state index in [4.69, 9.17) is 4.74 Å². The topological polar surface area (TPSA) is 49.7 Å². The van der Waals surface area contributed by atoms with Gasteiger partial charge in [-0.25, -0.2) is 0 Å². The van der Waals surface area contributed by atoms with Crippen LogP contribution < -0.4 is 4.74 Å². The molecule has 0 fully saturated rings. The lowest BCUT2D eigenvalue weighted by Gasteiger charge is -2.14. The average Bonchev–Trinajstić information content (AvgIpc) is 2.80. The van der Waals surface area contributed by atoms with Gasteiger partial charge < -0.3 is 14.9 Å². The summed E-state index contributed by atoms with van der Waals surface area (Å²) in [5.41, 5.74) is 3.33. The molecule has 3 nitrogen and oxygen atoms in total. The Morgan fingerprint density at radius 3 is 1.07 bits per heavy atom. The number of aliphatic hydroxyl groups is 2. The van der Waals surface area contributed by atoms with Crippen LogP contribution in [0.25, 0.3) is 0 Å². The number of rotatable bonds is 6. The molecule has 0 aliphatic heterocycles. The maximum absolute atomic E-state index is 10.5. The minimum Gasteiger partial charge on any atom is -0.457 e. The molecule has 0 aliphatic rings. The zero-order valence-corrected chi connectivity index (χ0v) is 15.8. The summed E-state index contributed by atoms with van der Waals surface area (Å²) in [6, 6.07) is 33.9. The first-order chi connectivity index (χ1) is 14.2. The molecule has 2 N–H and O–H groups in total. The molecule has 0 amide bonds. The van der Waals surface area contributed by atoms with Gasteiger partial charge in [0.05, 0.1) is 0 Å². The van der Waals surface area contributed by atoms with Crippen LogP contribution in [0.5, 0.6) is 11.5 Å². The predicted molar refractivity (Wildman–Crippen MR) is 114 cm³/mol. The number of hydrogen-bond donors (Lipinski definition) is 2. The molecule has 0 heterocycles. The Bertz CT molecular complexity index is 940. The minimum absolute atomic E-state index is 0.663. The summed E-state index contributed by atoms with van der Waals surface area (Å²) in [7, 11) is 0. The second-order valence-electron chi connectivity index (χ2n) is 6.87. The van der Waals surface area contributed by atoms with Crippen molar-refractivity contribution < 1.29 is 14.9 Å². The Morgan fingerprint density at radius 1 is 0.414 bits per heavy atom. The molecular formula is C26H22O3. The van der Waals surface area contributed by atoms with Crippen LogP contribution in [-0.2, 0) is 0 Å². The fraction of sp³-hybridized carbons (Fsp3) is 0.0769. The number of ether oxygens (including phenoxy) is 1. The van der Waals surface area contributed by atoms with E-state index in [1.807, 2.05) is 109 Å². The van der Waals surface area contributed by atoms with Gasteiger partial charge >= 0.3 is 0 Å². The highest BCUT2D eigenvalue weighted by Crippen LogP contribution is 2.28. The van der Waals surface area contributed by atoms with Crippen LogP contribution in [0.4, 0.5) is 0 Å². The minimum atomic E-state index is -0.663. The van der Waals surface area contributed by atoms with Crippen molar-refractivity contribution in [1.82, 2.24) is 0 Å². The van der Waals surface area contributed by atoms with Gasteiger partial charge in [-0.1, -0.05) is 84.9 Å². The highest BCUT2D eigenvalue weighted by molar-refractivity contribution is 5.39. The summed E-state index contributed by atoms with van der Waals surface area (Å²) in [6.45, 7) is 0. The second kappa shape index (κ2) is 8.74. The van der Waals surface area contributed by atoms with Crippen LogP contribution in [0.15, 0.2) is 109 Å². The van der Waals surface area contributed by atoms with Crippen molar-refractivity contribution >= 4 is 0 Å². The Morgan fingerprint density at radius 2 is 0.724 bits per heavy atom. The van der Waals surface area contributed by atoms with Crippen molar-refractivity contribution in [3.63, 3.8) is 0 Å². The zero-order chi connectivity index (χ0) is 20.1. The number of benzene rings is 4. The van der Waals surface area contributed by atoms with E-state index >= 15 is 0 Å². The van der Waals surface area contributed by atoms with Gasteiger partial charge in [0.1, 0.15) is 23.7 Å². The SMILES string of the molecule is O[C@@H](c1ccccc1)c1ccc(Oc2ccc([C@@H](O)c3ccccc3)cc2)cc1. The molecule has 144 valence electrons. The van der Waals surface area contributed by atoms with Gasteiger partial charge in [-0.3, -0.25) is 0 Å². The molecule has 0 radical (unpaired) electrons. The van der Waals surface area contributed by atoms with E-state index < -0.39 is 12.2 Å². The molecule has 0 saturated carbocycles. The molecule has 0 spiro atoms. The van der Waals surface area contributed by atoms with Gasteiger partial charge in [0.2, 0.25) is 0 Å². The third kappa shape index (κ3) is 4.54. The third-order valence-corrected chi connectivity index (χ3v) is 4.86. The molecule has 4 aromatic rings. The van der Waals surface area contributed by atoms with Crippen molar-refractivity contribution in [1.29, 1.82) is 0 Å². The monoisotopic (exact) mass is 382 g/mol. The predicted octanol–water partition coefficient (Wildman–Crippen LogP) is 5.64. The highest BCUT2D eigenvalue weighted by Gasteiger charge is 2.11. The summed E-state index contributed by atoms with van der Waals surface area (Å²) >= 11 is 0. The van der Waals surface area contributed by atoms with E-state index in [0.29, 0.717) is 11.5 Å². The van der Waals surface area contributed by atoms with Crippen LogP contribution in [0.1, 0.15) is 34.5 Å². The van der Waals surface area contributed by atoms with E-state index in [0.717, 1.165) is 22.3 Å². The molecule has 0 aliphatic carbocycles. The van der Waals surface area contributed by atoms with Crippen molar-refractivity contribution in [2.24, 2.45) is 0 Å². The Hall–Kier alpha value is -3.40. The smallest absolute Gasteiger partial charge is 0.127 e. The summed E-state index contributed by atoms with van der Waals surface area (Å²) < 4.78 is 5.90. The standard InChI is InChI=1S/C26H22O3/c27-25(19-7-3-1-4-8-19)21-11-15-23(16-12-21)29-24-17-13-22(14-18-24)26(28)20-9-5-2-6-10-20/h1-18,25-28H/t25-,26-/m0/s1. The van der Waals surface area contributed by atoms with Crippen LogP contribution >= 0.6 is 0 Å². The zero-order valence-electron chi connectivity index (χ0n) is 15.8. The summed E-state index contributed by atoms with van der Waals surface area (Å²) in [4.78, 5) is 0. The quantitative estimate of drug-likeness (QED) is 0.453. The van der Waals surface area contributed by atoms with Crippen LogP contribution in [0.2, 0.25) is 0 Å². The van der Waals surface area contributed by atoms with E-state index in [9.17, 15) is 10.2 Å². The fourth-order valence-electron chi connectivity index (χ4n) is 3.23. The number of aliphatic hydroxyl groups excluding tert-OH is 2. The first kappa shape index (κ1) is 18.9. The molecular weight excluding hydrogens is 360 g/mol. The van der Waals surface area contributed by atoms with Crippen molar-refractivity contribution in [2.45, 2.75) is 12.2 Å². The lowest BCUT2D eigenvalue weighted by atomic mass is 10.0. The van der Waals surface area contributed by atoms with E-state index in [1.165, 1.54) is 0 Å². The Labute approximate surface area is 170 Å². The second-order valence-corrected chi connectivity index (χ2v) is 6.87. The van der Waals surface area contributed by atoms with E-state index in [2.05, 4.69) is 0 Å². The van der Waals surface area contributed by atoms with E-state index in [1.54, 1.807) is 0 Å². The van der Waals surface area contributed by atoms with Gasteiger partial charge in [0.25, 0.3) is 0 Å². The Balaban J connectivity index is 1.43. The van der Waals surface area contributed by atoms with Gasteiger partial charge in [-0.05, 0) is 46.5 Å². The Kier molecular flexibility index (Phi) is 5.71. The maximum atomic E-state index is 10.5. The third-order valence-electron chi connectivity index (χ3n) is 4.86. The molecule has 4 aromatic carbocycles. The van der Waals surface area contributed by atoms with Crippen molar-refractivity contribution in [3.8, 4) is 11.5 Å². The highest BCUT2D eigenvalue weighted by atomic mass is 16.5. The lowest BCUT2D eigenvalue weighted by molar-refractivity contribution is 0.220. The van der Waals surface area contributed by atoms with Crippen molar-refractivity contribution in [2.75, 3.05) is 0 Å². The lowest BCUT2D eigenvalue weighted by Crippen LogP contribution is -1.99. The first-order valence-corrected chi connectivity index (χ1v) is 9.54. The molecule has 0 aromatic heterocycles. The molecule has 0 unspecified atom stereocenters. The van der Waals surface area contributed by atoms with Gasteiger partial charge in [0.15, 0.2) is 0 Å². The summed E-state index contributed by atoms with van der Waals surface area (Å²) in [5, 5.41) is 21.0. The molecule has 0 bridgehead atoms. The van der Waals surface area contributed by atoms with Gasteiger partial charge in [-0.2, -0.15) is 0 Å². The van der Waals surface area contributed by atoms with Crippen LogP contribution in [0, 0.1) is 0 Å². The molecule has 29 heavy (non-hydrogen) atoms. The molecule has 3 heteroatoms. The largest absolute Gasteiger partial charge is 0.457 e. The van der Waals surface area contributed by atoms with Crippen LogP contribution in [-0.4, -0.2) is 10.2 Å². The van der Waals surface area contributed by atoms with Crippen molar-refractivity contribution in [3.05, 3.63) is 131 Å². The first-order valence-electron chi connectivity index (χ1n) is 9.54. The average molecular weight is 382 g/mol. The van der Waals surface area contributed by atoms with Crippen LogP contribution in [0.3, 0.4) is 0 Å². The fourth-order valence-corrected chi connectivity index (χ4v) is 3.23. The number of hydrogen-bond acceptors (Lipinski definition) is 3. The van der Waals surface area contributed by atoms with E-state index in [-0.39, 0.29) is 0 Å². The summed E-state index contributed by atoms with van der Waals surface area (Å²) in [6.07, 6.45) is -1.33. The summed E-state index contributed by atoms with van der Waals surface area (Å²) in [5.74, 6) is 1.37. The van der Waals surface area contributed by atoms with Gasteiger partial charge in [-0.15, -0.1) is 0 Å². The normalized spacial score (nSPS) is 12.9. The maximum Gasteiger partial charge on any atom is 0.127 e. The molecule has 0 saturated heterocycles. The van der Waals surface area contributed by atoms with Gasteiger partial charge in [0, 0.05) is 0 Å². The molecule has 4 rings (SSSR count). The molecule has 2 atom stereocenters.